The summed E-state index contributed by atoms with van der Waals surface area (Å²) in [6.07, 6.45) is 0.864. The summed E-state index contributed by atoms with van der Waals surface area (Å²) in [5, 5.41) is 14.6. The van der Waals surface area contributed by atoms with Gasteiger partial charge in [0.2, 0.25) is 0 Å². The second-order valence-corrected chi connectivity index (χ2v) is 4.17. The summed E-state index contributed by atoms with van der Waals surface area (Å²) in [4.78, 5) is 15.6. The number of benzene rings is 1. The smallest absolute Gasteiger partial charge is 0.327 e. The van der Waals surface area contributed by atoms with Crippen LogP contribution in [0.2, 0.25) is 0 Å². The van der Waals surface area contributed by atoms with E-state index in [9.17, 15) is 9.90 Å². The number of nitrogens with one attached hydrogen (secondary N) is 2. The highest BCUT2D eigenvalue weighted by Crippen LogP contribution is 2.17. The number of urea groups is 1. The first-order chi connectivity index (χ1) is 9.04. The van der Waals surface area contributed by atoms with Crippen LogP contribution in [0.1, 0.15) is 24.3 Å². The summed E-state index contributed by atoms with van der Waals surface area (Å²) < 4.78 is 5.01. The molecule has 0 radical (unpaired) electrons. The zero-order chi connectivity index (χ0) is 13.8. The van der Waals surface area contributed by atoms with Crippen molar-refractivity contribution >= 4 is 17.7 Å². The SMILES string of the molecule is Cc1coc(NC(=O)Nc2cccc(C(C)O)c2)n1. The third-order valence-corrected chi connectivity index (χ3v) is 2.47. The molecule has 2 aromatic rings. The van der Waals surface area contributed by atoms with Crippen molar-refractivity contribution in [3.63, 3.8) is 0 Å². The van der Waals surface area contributed by atoms with Gasteiger partial charge in [-0.2, -0.15) is 4.98 Å². The number of rotatable bonds is 3. The Kier molecular flexibility index (Phi) is 3.82. The average Bonchev–Trinajstić information content (AvgIpc) is 2.74. The molecule has 19 heavy (non-hydrogen) atoms. The van der Waals surface area contributed by atoms with Crippen molar-refractivity contribution in [3.8, 4) is 0 Å². The Morgan fingerprint density at radius 1 is 1.42 bits per heavy atom. The number of hydrogen-bond acceptors (Lipinski definition) is 4. The number of anilines is 2. The number of carbonyl (C=O) groups excluding carboxylic acids is 1. The minimum Gasteiger partial charge on any atom is -0.432 e. The van der Waals surface area contributed by atoms with Crippen LogP contribution in [0.25, 0.3) is 0 Å². The number of amides is 2. The molecule has 1 aromatic heterocycles. The lowest BCUT2D eigenvalue weighted by Crippen LogP contribution is -2.19. The number of aliphatic hydroxyl groups excluding tert-OH is 1. The first-order valence-corrected chi connectivity index (χ1v) is 5.83. The van der Waals surface area contributed by atoms with Gasteiger partial charge in [-0.3, -0.25) is 5.32 Å². The number of aromatic nitrogens is 1. The van der Waals surface area contributed by atoms with E-state index in [0.717, 1.165) is 5.56 Å². The van der Waals surface area contributed by atoms with Crippen LogP contribution in [-0.2, 0) is 0 Å². The van der Waals surface area contributed by atoms with Gasteiger partial charge in [0.15, 0.2) is 0 Å². The Morgan fingerprint density at radius 2 is 2.21 bits per heavy atom. The van der Waals surface area contributed by atoms with Crippen LogP contribution >= 0.6 is 0 Å². The van der Waals surface area contributed by atoms with Crippen molar-refractivity contribution in [2.45, 2.75) is 20.0 Å². The van der Waals surface area contributed by atoms with Gasteiger partial charge in [0.25, 0.3) is 0 Å². The molecule has 1 aromatic carbocycles. The molecule has 0 saturated heterocycles. The summed E-state index contributed by atoms with van der Waals surface area (Å²) in [5.74, 6) is 0. The zero-order valence-electron chi connectivity index (χ0n) is 10.7. The van der Waals surface area contributed by atoms with E-state index in [1.165, 1.54) is 6.26 Å². The first-order valence-electron chi connectivity index (χ1n) is 5.83. The largest absolute Gasteiger partial charge is 0.432 e. The Morgan fingerprint density at radius 3 is 2.84 bits per heavy atom. The molecule has 1 atom stereocenters. The molecule has 6 heteroatoms. The second kappa shape index (κ2) is 5.53. The van der Waals surface area contributed by atoms with Crippen molar-refractivity contribution in [3.05, 3.63) is 41.8 Å². The second-order valence-electron chi connectivity index (χ2n) is 4.17. The number of carbonyl (C=O) groups is 1. The molecule has 6 nitrogen and oxygen atoms in total. The predicted octanol–water partition coefficient (Wildman–Crippen LogP) is 2.68. The van der Waals surface area contributed by atoms with Gasteiger partial charge in [-0.05, 0) is 31.5 Å². The molecule has 0 saturated carbocycles. The fourth-order valence-corrected chi connectivity index (χ4v) is 1.55. The van der Waals surface area contributed by atoms with Gasteiger partial charge in [-0.15, -0.1) is 0 Å². The Bertz CT molecular complexity index is 578. The lowest BCUT2D eigenvalue weighted by atomic mass is 10.1. The van der Waals surface area contributed by atoms with E-state index in [1.807, 2.05) is 0 Å². The van der Waals surface area contributed by atoms with Gasteiger partial charge >= 0.3 is 12.0 Å². The highest BCUT2D eigenvalue weighted by Gasteiger charge is 2.08. The minimum absolute atomic E-state index is 0.140. The molecule has 2 amide bonds. The van der Waals surface area contributed by atoms with Crippen molar-refractivity contribution in [2.24, 2.45) is 0 Å². The van der Waals surface area contributed by atoms with Crippen molar-refractivity contribution in [1.82, 2.24) is 4.98 Å². The zero-order valence-corrected chi connectivity index (χ0v) is 10.7. The molecule has 0 aliphatic heterocycles. The van der Waals surface area contributed by atoms with E-state index < -0.39 is 12.1 Å². The van der Waals surface area contributed by atoms with Crippen LogP contribution in [0.15, 0.2) is 34.9 Å². The van der Waals surface area contributed by atoms with Crippen molar-refractivity contribution in [2.75, 3.05) is 10.6 Å². The maximum Gasteiger partial charge on any atom is 0.327 e. The van der Waals surface area contributed by atoms with Crippen molar-refractivity contribution in [1.29, 1.82) is 0 Å². The number of aliphatic hydroxyl groups is 1. The first kappa shape index (κ1) is 13.1. The summed E-state index contributed by atoms with van der Waals surface area (Å²) in [6.45, 7) is 3.42. The summed E-state index contributed by atoms with van der Waals surface area (Å²) in [6, 6.07) is 6.65. The van der Waals surface area contributed by atoms with Gasteiger partial charge in [-0.1, -0.05) is 12.1 Å². The molecule has 0 aliphatic rings. The number of oxazole rings is 1. The molecule has 1 unspecified atom stereocenters. The number of aryl methyl sites for hydroxylation is 1. The van der Waals surface area contributed by atoms with Gasteiger partial charge in [0.1, 0.15) is 6.26 Å². The molecule has 0 spiro atoms. The normalized spacial score (nSPS) is 11.9. The third-order valence-electron chi connectivity index (χ3n) is 2.47. The summed E-state index contributed by atoms with van der Waals surface area (Å²) in [5.41, 5.74) is 2.00. The molecule has 0 bridgehead atoms. The van der Waals surface area contributed by atoms with Crippen LogP contribution < -0.4 is 10.6 Å². The van der Waals surface area contributed by atoms with Crippen LogP contribution in [0.4, 0.5) is 16.5 Å². The van der Waals surface area contributed by atoms with Gasteiger partial charge in [0, 0.05) is 5.69 Å². The monoisotopic (exact) mass is 261 g/mol. The Labute approximate surface area is 110 Å². The minimum atomic E-state index is -0.584. The standard InChI is InChI=1S/C13H15N3O3/c1-8-7-19-13(14-8)16-12(18)15-11-5-3-4-10(6-11)9(2)17/h3-7,9,17H,1-2H3,(H2,14,15,16,18). The molecule has 3 N–H and O–H groups in total. The molecular formula is C13H15N3O3. The average molecular weight is 261 g/mol. The maximum atomic E-state index is 11.7. The van der Waals surface area contributed by atoms with E-state index in [-0.39, 0.29) is 6.01 Å². The molecular weight excluding hydrogens is 246 g/mol. The van der Waals surface area contributed by atoms with Crippen LogP contribution in [0.5, 0.6) is 0 Å². The summed E-state index contributed by atoms with van der Waals surface area (Å²) in [7, 11) is 0. The van der Waals surface area contributed by atoms with Gasteiger partial charge in [0.05, 0.1) is 11.8 Å². The fourth-order valence-electron chi connectivity index (χ4n) is 1.55. The van der Waals surface area contributed by atoms with E-state index in [1.54, 1.807) is 38.1 Å². The van der Waals surface area contributed by atoms with E-state index in [2.05, 4.69) is 15.6 Å². The van der Waals surface area contributed by atoms with E-state index in [0.29, 0.717) is 11.4 Å². The molecule has 0 aliphatic carbocycles. The molecule has 2 rings (SSSR count). The Hall–Kier alpha value is -2.34. The van der Waals surface area contributed by atoms with Gasteiger partial charge < -0.3 is 14.8 Å². The molecule has 1 heterocycles. The maximum absolute atomic E-state index is 11.7. The topological polar surface area (TPSA) is 87.4 Å². The lowest BCUT2D eigenvalue weighted by Gasteiger charge is -2.08. The molecule has 100 valence electrons. The van der Waals surface area contributed by atoms with Gasteiger partial charge in [-0.25, -0.2) is 4.79 Å². The van der Waals surface area contributed by atoms with E-state index in [4.69, 9.17) is 4.42 Å². The fraction of sp³-hybridized carbons (Fsp3) is 0.231. The quantitative estimate of drug-likeness (QED) is 0.792. The Balaban J connectivity index is 2.00. The number of hydrogen-bond donors (Lipinski definition) is 3. The van der Waals surface area contributed by atoms with Crippen LogP contribution in [0.3, 0.4) is 0 Å². The predicted molar refractivity (Wildman–Crippen MR) is 71.0 cm³/mol. The molecule has 0 fully saturated rings. The van der Waals surface area contributed by atoms with E-state index >= 15 is 0 Å². The third kappa shape index (κ3) is 3.56. The lowest BCUT2D eigenvalue weighted by molar-refractivity contribution is 0.199. The number of nitrogens with zero attached hydrogens (tertiary/aromatic N) is 1. The highest BCUT2D eigenvalue weighted by atomic mass is 16.4. The summed E-state index contributed by atoms with van der Waals surface area (Å²) >= 11 is 0. The van der Waals surface area contributed by atoms with Crippen LogP contribution in [0, 0.1) is 6.92 Å². The highest BCUT2D eigenvalue weighted by molar-refractivity contribution is 5.98. The van der Waals surface area contributed by atoms with Crippen molar-refractivity contribution < 1.29 is 14.3 Å². The van der Waals surface area contributed by atoms with Crippen LogP contribution in [-0.4, -0.2) is 16.1 Å².